The van der Waals surface area contributed by atoms with E-state index in [1.807, 2.05) is 11.8 Å². The van der Waals surface area contributed by atoms with Crippen LogP contribution in [0.15, 0.2) is 0 Å². The number of nitrogens with zero attached hydrogens (tertiary/aromatic N) is 1. The zero-order valence-electron chi connectivity index (χ0n) is 11.5. The van der Waals surface area contributed by atoms with E-state index in [2.05, 4.69) is 5.32 Å². The first-order chi connectivity index (χ1) is 9.22. The Morgan fingerprint density at radius 2 is 2.00 bits per heavy atom. The predicted molar refractivity (Wildman–Crippen MR) is 70.1 cm³/mol. The van der Waals surface area contributed by atoms with Gasteiger partial charge in [0.2, 0.25) is 11.8 Å². The van der Waals surface area contributed by atoms with Crippen LogP contribution in [0.5, 0.6) is 0 Å². The van der Waals surface area contributed by atoms with E-state index in [4.69, 9.17) is 0 Å². The number of carbonyl (C=O) groups excluding carboxylic acids is 2. The van der Waals surface area contributed by atoms with Gasteiger partial charge in [-0.05, 0) is 49.4 Å². The van der Waals surface area contributed by atoms with Crippen LogP contribution in [0.4, 0.5) is 0 Å². The predicted octanol–water partition coefficient (Wildman–Crippen LogP) is 1.02. The largest absolute Gasteiger partial charge is 0.353 e. The summed E-state index contributed by atoms with van der Waals surface area (Å²) in [6, 6.07) is -0.222. The van der Waals surface area contributed by atoms with Gasteiger partial charge in [-0.15, -0.1) is 0 Å². The summed E-state index contributed by atoms with van der Waals surface area (Å²) in [7, 11) is 0. The van der Waals surface area contributed by atoms with Crippen LogP contribution in [0.1, 0.15) is 32.6 Å². The molecule has 0 aromatic rings. The number of fused-ring (bicyclic) bond motifs is 5. The van der Waals surface area contributed by atoms with E-state index in [1.54, 1.807) is 0 Å². The van der Waals surface area contributed by atoms with E-state index in [0.717, 1.165) is 18.3 Å². The molecule has 1 saturated heterocycles. The molecular formula is C15H22N2O2. The lowest BCUT2D eigenvalue weighted by atomic mass is 10.00. The highest BCUT2D eigenvalue weighted by Crippen LogP contribution is 2.69. The van der Waals surface area contributed by atoms with Crippen molar-refractivity contribution in [1.29, 1.82) is 0 Å². The van der Waals surface area contributed by atoms with Gasteiger partial charge in [0, 0.05) is 19.0 Å². The zero-order valence-corrected chi connectivity index (χ0v) is 11.5. The van der Waals surface area contributed by atoms with Gasteiger partial charge < -0.3 is 10.2 Å². The van der Waals surface area contributed by atoms with Crippen molar-refractivity contribution in [3.63, 3.8) is 0 Å². The van der Waals surface area contributed by atoms with Crippen LogP contribution in [-0.2, 0) is 9.59 Å². The molecule has 5 unspecified atom stereocenters. The highest BCUT2D eigenvalue weighted by atomic mass is 16.2. The summed E-state index contributed by atoms with van der Waals surface area (Å²) >= 11 is 0. The molecule has 0 aromatic carbocycles. The topological polar surface area (TPSA) is 49.4 Å². The summed E-state index contributed by atoms with van der Waals surface area (Å²) in [4.78, 5) is 26.5. The van der Waals surface area contributed by atoms with Crippen molar-refractivity contribution in [2.45, 2.75) is 38.6 Å². The third kappa shape index (κ3) is 1.52. The molecule has 19 heavy (non-hydrogen) atoms. The van der Waals surface area contributed by atoms with Gasteiger partial charge in [0.05, 0.1) is 0 Å². The molecule has 4 aliphatic rings. The van der Waals surface area contributed by atoms with E-state index < -0.39 is 0 Å². The number of nitrogens with one attached hydrogen (secondary N) is 1. The third-order valence-corrected chi connectivity index (χ3v) is 6.02. The van der Waals surface area contributed by atoms with E-state index in [-0.39, 0.29) is 23.8 Å². The summed E-state index contributed by atoms with van der Waals surface area (Å²) in [5, 5.41) is 2.87. The monoisotopic (exact) mass is 262 g/mol. The third-order valence-electron chi connectivity index (χ3n) is 6.02. The second kappa shape index (κ2) is 3.97. The van der Waals surface area contributed by atoms with Crippen molar-refractivity contribution in [2.24, 2.45) is 29.6 Å². The van der Waals surface area contributed by atoms with Crippen molar-refractivity contribution in [1.82, 2.24) is 10.2 Å². The number of amides is 2. The SMILES string of the molecule is CCC1C(=O)NCCN1C(=O)C1C2C3CCC(C3)C12. The van der Waals surface area contributed by atoms with Crippen LogP contribution in [0.3, 0.4) is 0 Å². The maximum Gasteiger partial charge on any atom is 0.242 e. The van der Waals surface area contributed by atoms with Gasteiger partial charge in [0.25, 0.3) is 0 Å². The first-order valence-corrected chi connectivity index (χ1v) is 7.80. The van der Waals surface area contributed by atoms with Crippen molar-refractivity contribution in [3.05, 3.63) is 0 Å². The van der Waals surface area contributed by atoms with Crippen LogP contribution >= 0.6 is 0 Å². The number of hydrogen-bond acceptors (Lipinski definition) is 2. The van der Waals surface area contributed by atoms with Crippen LogP contribution in [0, 0.1) is 29.6 Å². The Bertz CT molecular complexity index is 420. The fourth-order valence-electron chi connectivity index (χ4n) is 5.23. The van der Waals surface area contributed by atoms with Crippen molar-refractivity contribution < 1.29 is 9.59 Å². The Hall–Kier alpha value is -1.06. The normalized spacial score (nSPS) is 47.0. The van der Waals surface area contributed by atoms with Crippen molar-refractivity contribution in [2.75, 3.05) is 13.1 Å². The highest BCUT2D eigenvalue weighted by molar-refractivity contribution is 5.91. The fraction of sp³-hybridized carbons (Fsp3) is 0.867. The summed E-state index contributed by atoms with van der Waals surface area (Å²) in [6.45, 7) is 3.32. The van der Waals surface area contributed by atoms with E-state index in [1.165, 1.54) is 19.3 Å². The lowest BCUT2D eigenvalue weighted by molar-refractivity contribution is -0.145. The number of rotatable bonds is 2. The standard InChI is InChI=1S/C15H22N2O2/c1-2-10-14(18)16-5-6-17(10)15(19)13-11-8-3-4-9(7-8)12(11)13/h8-13H,2-7H2,1H3,(H,16,18). The number of carbonyl (C=O) groups is 2. The van der Waals surface area contributed by atoms with Gasteiger partial charge in [-0.1, -0.05) is 6.92 Å². The van der Waals surface area contributed by atoms with Crippen LogP contribution in [-0.4, -0.2) is 35.8 Å². The van der Waals surface area contributed by atoms with Gasteiger partial charge in [-0.3, -0.25) is 9.59 Å². The first-order valence-electron chi connectivity index (χ1n) is 7.80. The number of hydrogen-bond donors (Lipinski definition) is 1. The zero-order chi connectivity index (χ0) is 13.1. The molecule has 2 bridgehead atoms. The van der Waals surface area contributed by atoms with Crippen molar-refractivity contribution >= 4 is 11.8 Å². The summed E-state index contributed by atoms with van der Waals surface area (Å²) < 4.78 is 0. The minimum absolute atomic E-state index is 0.0379. The molecular weight excluding hydrogens is 240 g/mol. The molecule has 0 spiro atoms. The molecule has 1 aliphatic heterocycles. The van der Waals surface area contributed by atoms with Crippen LogP contribution in [0.25, 0.3) is 0 Å². The number of piperazine rings is 1. The van der Waals surface area contributed by atoms with Crippen LogP contribution in [0.2, 0.25) is 0 Å². The Balaban J connectivity index is 1.50. The van der Waals surface area contributed by atoms with Gasteiger partial charge in [0.1, 0.15) is 6.04 Å². The molecule has 2 amide bonds. The second-order valence-electron chi connectivity index (χ2n) is 6.76. The Kier molecular flexibility index (Phi) is 2.45. The van der Waals surface area contributed by atoms with E-state index in [0.29, 0.717) is 24.9 Å². The fourth-order valence-corrected chi connectivity index (χ4v) is 5.23. The molecule has 1 N–H and O–H groups in total. The lowest BCUT2D eigenvalue weighted by Gasteiger charge is -2.35. The van der Waals surface area contributed by atoms with Gasteiger partial charge >= 0.3 is 0 Å². The Labute approximate surface area is 113 Å². The lowest BCUT2D eigenvalue weighted by Crippen LogP contribution is -2.57. The Morgan fingerprint density at radius 3 is 2.63 bits per heavy atom. The summed E-state index contributed by atoms with van der Waals surface area (Å²) in [6.07, 6.45) is 4.78. The van der Waals surface area contributed by atoms with Crippen molar-refractivity contribution in [3.8, 4) is 0 Å². The average Bonchev–Trinajstić information content (AvgIpc) is 2.85. The first kappa shape index (κ1) is 11.7. The molecule has 0 aromatic heterocycles. The van der Waals surface area contributed by atoms with E-state index >= 15 is 0 Å². The second-order valence-corrected chi connectivity index (χ2v) is 6.76. The molecule has 3 aliphatic carbocycles. The minimum atomic E-state index is -0.222. The molecule has 4 nitrogen and oxygen atoms in total. The van der Waals surface area contributed by atoms with Gasteiger partial charge in [-0.2, -0.15) is 0 Å². The molecule has 104 valence electrons. The molecule has 0 radical (unpaired) electrons. The summed E-state index contributed by atoms with van der Waals surface area (Å²) in [5.74, 6) is 3.59. The highest BCUT2D eigenvalue weighted by Gasteiger charge is 2.68. The molecule has 4 rings (SSSR count). The molecule has 4 heteroatoms. The minimum Gasteiger partial charge on any atom is -0.353 e. The van der Waals surface area contributed by atoms with Gasteiger partial charge in [0.15, 0.2) is 0 Å². The molecule has 4 fully saturated rings. The Morgan fingerprint density at radius 1 is 1.32 bits per heavy atom. The smallest absolute Gasteiger partial charge is 0.242 e. The van der Waals surface area contributed by atoms with Crippen LogP contribution < -0.4 is 5.32 Å². The van der Waals surface area contributed by atoms with E-state index in [9.17, 15) is 9.59 Å². The average molecular weight is 262 g/mol. The molecule has 5 atom stereocenters. The summed E-state index contributed by atoms with van der Waals surface area (Å²) in [5.41, 5.74) is 0. The maximum atomic E-state index is 12.8. The maximum absolute atomic E-state index is 12.8. The molecule has 3 saturated carbocycles. The quantitative estimate of drug-likeness (QED) is 0.807. The van der Waals surface area contributed by atoms with Gasteiger partial charge in [-0.25, -0.2) is 0 Å². The molecule has 1 heterocycles.